The van der Waals surface area contributed by atoms with E-state index in [1.165, 1.54) is 22.3 Å². The molecule has 1 nitrogen and oxygen atoms in total. The Bertz CT molecular complexity index is 669. The highest BCUT2D eigenvalue weighted by Crippen LogP contribution is 2.37. The van der Waals surface area contributed by atoms with E-state index >= 15 is 0 Å². The van der Waals surface area contributed by atoms with Gasteiger partial charge in [-0.2, -0.15) is 0 Å². The van der Waals surface area contributed by atoms with Crippen molar-refractivity contribution in [3.8, 4) is 11.1 Å². The van der Waals surface area contributed by atoms with Crippen LogP contribution in [0.3, 0.4) is 0 Å². The lowest BCUT2D eigenvalue weighted by atomic mass is 9.99. The minimum Gasteiger partial charge on any atom is -0.413 e. The van der Waals surface area contributed by atoms with Gasteiger partial charge in [0.05, 0.1) is 6.61 Å². The maximum absolute atomic E-state index is 6.33. The first-order valence-electron chi connectivity index (χ1n) is 8.09. The highest BCUT2D eigenvalue weighted by molar-refractivity contribution is 9.10. The second-order valence-electron chi connectivity index (χ2n) is 7.71. The summed E-state index contributed by atoms with van der Waals surface area (Å²) in [4.78, 5) is 0. The van der Waals surface area contributed by atoms with E-state index < -0.39 is 8.32 Å². The second kappa shape index (κ2) is 6.92. The predicted molar refractivity (Wildman–Crippen MR) is 106 cm³/mol. The molecule has 0 amide bonds. The van der Waals surface area contributed by atoms with Crippen molar-refractivity contribution in [1.82, 2.24) is 0 Å². The van der Waals surface area contributed by atoms with Crippen molar-refractivity contribution in [1.29, 1.82) is 0 Å². The van der Waals surface area contributed by atoms with Crippen molar-refractivity contribution < 1.29 is 4.43 Å². The Morgan fingerprint density at radius 2 is 1.61 bits per heavy atom. The zero-order valence-electron chi connectivity index (χ0n) is 15.0. The molecule has 2 rings (SSSR count). The number of hydrogen-bond donors (Lipinski definition) is 0. The molecule has 0 spiro atoms. The van der Waals surface area contributed by atoms with Crippen LogP contribution in [0.5, 0.6) is 0 Å². The van der Waals surface area contributed by atoms with Crippen LogP contribution in [0, 0.1) is 6.92 Å². The summed E-state index contributed by atoms with van der Waals surface area (Å²) in [5.41, 5.74) is 5.09. The number of halogens is 1. The van der Waals surface area contributed by atoms with Gasteiger partial charge in [-0.15, -0.1) is 0 Å². The van der Waals surface area contributed by atoms with Gasteiger partial charge in [0.2, 0.25) is 0 Å². The molecule has 3 heteroatoms. The summed E-state index contributed by atoms with van der Waals surface area (Å²) in [7, 11) is -1.69. The Hall–Kier alpha value is -0.903. The Kier molecular flexibility index (Phi) is 5.54. The molecule has 0 atom stereocenters. The zero-order chi connectivity index (χ0) is 17.3. The monoisotopic (exact) mass is 390 g/mol. The lowest BCUT2D eigenvalue weighted by Gasteiger charge is -2.36. The average Bonchev–Trinajstić information content (AvgIpc) is 2.45. The van der Waals surface area contributed by atoms with E-state index in [2.05, 4.69) is 99.2 Å². The molecule has 0 heterocycles. The van der Waals surface area contributed by atoms with Gasteiger partial charge in [0.15, 0.2) is 8.32 Å². The SMILES string of the molecule is Cc1cc(CO[Si](C)(C)C(C)(C)C)ccc1-c1ccc(Br)cc1. The van der Waals surface area contributed by atoms with Crippen LogP contribution in [0.25, 0.3) is 11.1 Å². The minimum atomic E-state index is -1.69. The van der Waals surface area contributed by atoms with E-state index in [0.29, 0.717) is 6.61 Å². The van der Waals surface area contributed by atoms with Gasteiger partial charge in [0.25, 0.3) is 0 Å². The first-order valence-corrected chi connectivity index (χ1v) is 11.8. The molecule has 0 bridgehead atoms. The van der Waals surface area contributed by atoms with Crippen molar-refractivity contribution in [2.24, 2.45) is 0 Å². The van der Waals surface area contributed by atoms with Gasteiger partial charge in [-0.05, 0) is 59.4 Å². The highest BCUT2D eigenvalue weighted by atomic mass is 79.9. The van der Waals surface area contributed by atoms with E-state index in [9.17, 15) is 0 Å². The summed E-state index contributed by atoms with van der Waals surface area (Å²) in [5, 5.41) is 0.249. The van der Waals surface area contributed by atoms with Crippen LogP contribution in [0.1, 0.15) is 31.9 Å². The van der Waals surface area contributed by atoms with E-state index in [0.717, 1.165) is 4.47 Å². The molecule has 124 valence electrons. The smallest absolute Gasteiger partial charge is 0.192 e. The minimum absolute atomic E-state index is 0.249. The molecule has 23 heavy (non-hydrogen) atoms. The standard InChI is InChI=1S/C20H27BrOSi/c1-15-13-16(14-22-23(5,6)20(2,3)4)7-12-19(15)17-8-10-18(21)11-9-17/h7-13H,14H2,1-6H3. The molecular weight excluding hydrogens is 364 g/mol. The van der Waals surface area contributed by atoms with Gasteiger partial charge >= 0.3 is 0 Å². The molecule has 0 saturated heterocycles. The van der Waals surface area contributed by atoms with Gasteiger partial charge in [-0.3, -0.25) is 0 Å². The fourth-order valence-corrected chi connectivity index (χ4v) is 3.47. The van der Waals surface area contributed by atoms with Gasteiger partial charge in [0, 0.05) is 4.47 Å². The quantitative estimate of drug-likeness (QED) is 0.513. The molecular formula is C20H27BrOSi. The molecule has 0 aliphatic carbocycles. The lowest BCUT2D eigenvalue weighted by Crippen LogP contribution is -2.40. The third kappa shape index (κ3) is 4.56. The average molecular weight is 391 g/mol. The van der Waals surface area contributed by atoms with Gasteiger partial charge in [-0.1, -0.05) is 67.0 Å². The van der Waals surface area contributed by atoms with E-state index in [1.807, 2.05) is 0 Å². The van der Waals surface area contributed by atoms with Crippen molar-refractivity contribution >= 4 is 24.2 Å². The molecule has 0 saturated carbocycles. The van der Waals surface area contributed by atoms with Crippen molar-refractivity contribution in [2.75, 3.05) is 0 Å². The van der Waals surface area contributed by atoms with Crippen molar-refractivity contribution in [3.05, 3.63) is 58.1 Å². The molecule has 0 fully saturated rings. The fraction of sp³-hybridized carbons (Fsp3) is 0.400. The fourth-order valence-electron chi connectivity index (χ4n) is 2.25. The molecule has 0 aromatic heterocycles. The molecule has 0 N–H and O–H groups in total. The number of hydrogen-bond acceptors (Lipinski definition) is 1. The van der Waals surface area contributed by atoms with Crippen LogP contribution in [-0.2, 0) is 11.0 Å². The maximum atomic E-state index is 6.33. The van der Waals surface area contributed by atoms with Gasteiger partial charge in [-0.25, -0.2) is 0 Å². The highest BCUT2D eigenvalue weighted by Gasteiger charge is 2.36. The van der Waals surface area contributed by atoms with E-state index in [-0.39, 0.29) is 5.04 Å². The van der Waals surface area contributed by atoms with Crippen LogP contribution in [0.2, 0.25) is 18.1 Å². The van der Waals surface area contributed by atoms with Crippen molar-refractivity contribution in [2.45, 2.75) is 52.4 Å². The summed E-state index contributed by atoms with van der Waals surface area (Å²) in [6.07, 6.45) is 0. The maximum Gasteiger partial charge on any atom is 0.192 e. The normalized spacial score (nSPS) is 12.5. The molecule has 0 aliphatic rings. The largest absolute Gasteiger partial charge is 0.413 e. The molecule has 0 aliphatic heterocycles. The van der Waals surface area contributed by atoms with Crippen LogP contribution in [-0.4, -0.2) is 8.32 Å². The number of benzene rings is 2. The van der Waals surface area contributed by atoms with Crippen molar-refractivity contribution in [3.63, 3.8) is 0 Å². The summed E-state index contributed by atoms with van der Waals surface area (Å²) in [6.45, 7) is 14.3. The van der Waals surface area contributed by atoms with Gasteiger partial charge in [0.1, 0.15) is 0 Å². The Morgan fingerprint density at radius 3 is 2.13 bits per heavy atom. The first-order chi connectivity index (χ1) is 10.6. The van der Waals surface area contributed by atoms with E-state index in [4.69, 9.17) is 4.43 Å². The molecule has 2 aromatic carbocycles. The summed E-state index contributed by atoms with van der Waals surface area (Å²) < 4.78 is 7.44. The third-order valence-electron chi connectivity index (χ3n) is 4.85. The second-order valence-corrected chi connectivity index (χ2v) is 13.4. The Labute approximate surface area is 150 Å². The molecule has 0 unspecified atom stereocenters. The first kappa shape index (κ1) is 18.4. The number of rotatable bonds is 4. The lowest BCUT2D eigenvalue weighted by molar-refractivity contribution is 0.276. The Morgan fingerprint density at radius 1 is 1.00 bits per heavy atom. The zero-order valence-corrected chi connectivity index (χ0v) is 17.6. The molecule has 0 radical (unpaired) electrons. The predicted octanol–water partition coefficient (Wildman–Crippen LogP) is 6.95. The van der Waals surface area contributed by atoms with Crippen LogP contribution in [0.15, 0.2) is 46.9 Å². The summed E-state index contributed by atoms with van der Waals surface area (Å²) in [6, 6.07) is 15.1. The number of aryl methyl sites for hydroxylation is 1. The molecule has 2 aromatic rings. The van der Waals surface area contributed by atoms with Crippen LogP contribution < -0.4 is 0 Å². The Balaban J connectivity index is 2.15. The van der Waals surface area contributed by atoms with Gasteiger partial charge < -0.3 is 4.43 Å². The topological polar surface area (TPSA) is 9.23 Å². The van der Waals surface area contributed by atoms with E-state index in [1.54, 1.807) is 0 Å². The summed E-state index contributed by atoms with van der Waals surface area (Å²) in [5.74, 6) is 0. The summed E-state index contributed by atoms with van der Waals surface area (Å²) >= 11 is 3.49. The van der Waals surface area contributed by atoms with Crippen LogP contribution in [0.4, 0.5) is 0 Å². The third-order valence-corrected chi connectivity index (χ3v) is 9.86. The van der Waals surface area contributed by atoms with Crippen LogP contribution >= 0.6 is 15.9 Å².